The van der Waals surface area contributed by atoms with Gasteiger partial charge in [-0.2, -0.15) is 0 Å². The highest BCUT2D eigenvalue weighted by atomic mass is 31.2. The van der Waals surface area contributed by atoms with Crippen LogP contribution in [0.3, 0.4) is 0 Å². The fraction of sp³-hybridized carbons (Fsp3) is 0.718. The van der Waals surface area contributed by atoms with Gasteiger partial charge >= 0.3 is 33.6 Å². The lowest BCUT2D eigenvalue weighted by Crippen LogP contribution is -2.30. The van der Waals surface area contributed by atoms with E-state index in [1.54, 1.807) is 0 Å². The zero-order valence-electron chi connectivity index (χ0n) is 76.9. The Morgan fingerprint density at radius 3 is 0.694 bits per heavy atom. The highest BCUT2D eigenvalue weighted by Gasteiger charge is 2.30. The summed E-state index contributed by atoms with van der Waals surface area (Å²) >= 11 is 0. The predicted molar refractivity (Wildman–Crippen MR) is 509 cm³/mol. The van der Waals surface area contributed by atoms with E-state index in [2.05, 4.69) is 179 Å². The molecule has 0 amide bonds. The maximum Gasteiger partial charge on any atom is 0.472 e. The molecule has 5 unspecified atom stereocenters. The summed E-state index contributed by atoms with van der Waals surface area (Å²) in [5, 5.41) is 20.8. The van der Waals surface area contributed by atoms with Gasteiger partial charge in [0.15, 0.2) is 6.10 Å². The summed E-state index contributed by atoms with van der Waals surface area (Å²) in [6.07, 6.45) is 122. The third kappa shape index (κ3) is 95.7. The third-order valence-electron chi connectivity index (χ3n) is 20.7. The lowest BCUT2D eigenvalue weighted by atomic mass is 10.0. The van der Waals surface area contributed by atoms with E-state index in [9.17, 15) is 43.5 Å². The topological polar surface area (TPSA) is 231 Å². The molecule has 0 aromatic heterocycles. The van der Waals surface area contributed by atoms with Crippen LogP contribution < -0.4 is 0 Å². The summed E-state index contributed by atoms with van der Waals surface area (Å²) in [5.74, 6) is -1.58. The van der Waals surface area contributed by atoms with Gasteiger partial charge in [-0.25, -0.2) is 9.13 Å². The largest absolute Gasteiger partial charge is 0.472 e. The van der Waals surface area contributed by atoms with Crippen LogP contribution in [0.15, 0.2) is 158 Å². The van der Waals surface area contributed by atoms with Crippen LogP contribution in [0.25, 0.3) is 0 Å². The number of allylic oxidation sites excluding steroid dienone is 26. The molecule has 0 aromatic carbocycles. The molecule has 4 N–H and O–H groups in total. The number of hydrogen-bond donors (Lipinski definition) is 4. The summed E-state index contributed by atoms with van der Waals surface area (Å²) in [6.45, 7) is 2.55. The minimum atomic E-state index is -4.95. The monoisotopic (exact) mass is 1730 g/mol. The first-order chi connectivity index (χ1) is 59.2. The van der Waals surface area contributed by atoms with Gasteiger partial charge in [0, 0.05) is 19.3 Å². The van der Waals surface area contributed by atoms with E-state index in [0.29, 0.717) is 19.3 Å². The lowest BCUT2D eigenvalue weighted by Gasteiger charge is -2.21. The number of phosphoric ester groups is 2. The Morgan fingerprint density at radius 2 is 0.438 bits per heavy atom. The number of aliphatic hydroxyl groups excluding tert-OH is 2. The Bertz CT molecular complexity index is 2830. The molecule has 0 rings (SSSR count). The quantitative estimate of drug-likeness (QED) is 0.0146. The standard InChI is InChI=1S/C103H178O16P2/c1-4-7-10-13-16-19-22-25-28-31-34-37-39-41-43-45-47-48-50-52-53-55-57-60-62-65-68-71-74-77-80-83-86-89-101(106)113-92-98(104)93-115-120(109,110)116-94-99(105)95-117-121(111,112)118-97-100(119-103(108)91-88-85-82-79-76-73-70-67-64-59-36-33-30-27-24-21-18-15-12-9-6-3)96-114-102(107)90-87-84-81-78-75-72-69-66-63-61-58-56-54-51-49-46-44-42-40-38-35-32-29-26-23-20-17-14-11-8-5-2/h9,12,16-21,25-30,34-38,41-44,59,67,70,98-100,104-105H,4-8,10-11,13-15,22-24,31-33,39-40,45-58,60-66,68-69,71-97H2,1-3H3,(H,109,110)(H,111,112)/b12-9-,19-16-,20-17-,21-18-,28-25-,29-26-,30-27-,37-34-,38-35-,43-41-,44-42-,59-36-,70-67-. The van der Waals surface area contributed by atoms with Gasteiger partial charge in [0.2, 0.25) is 0 Å². The van der Waals surface area contributed by atoms with Crippen molar-refractivity contribution in [3.05, 3.63) is 158 Å². The van der Waals surface area contributed by atoms with Crippen molar-refractivity contribution in [2.75, 3.05) is 39.6 Å². The van der Waals surface area contributed by atoms with Crippen molar-refractivity contribution in [2.24, 2.45) is 0 Å². The first-order valence-corrected chi connectivity index (χ1v) is 51.8. The molecule has 0 bridgehead atoms. The number of phosphoric acid groups is 2. The summed E-state index contributed by atoms with van der Waals surface area (Å²) in [7, 11) is -9.82. The minimum Gasteiger partial charge on any atom is -0.463 e. The fourth-order valence-electron chi connectivity index (χ4n) is 13.3. The van der Waals surface area contributed by atoms with Crippen LogP contribution >= 0.6 is 15.6 Å². The van der Waals surface area contributed by atoms with Crippen LogP contribution in [0.5, 0.6) is 0 Å². The second-order valence-electron chi connectivity index (χ2n) is 32.5. The van der Waals surface area contributed by atoms with E-state index in [1.807, 2.05) is 0 Å². The highest BCUT2D eigenvalue weighted by Crippen LogP contribution is 2.45. The molecular weight excluding hydrogens is 1560 g/mol. The number of esters is 3. The van der Waals surface area contributed by atoms with Crippen molar-refractivity contribution in [3.63, 3.8) is 0 Å². The number of aliphatic hydroxyl groups is 2. The number of hydrogen-bond acceptors (Lipinski definition) is 14. The Morgan fingerprint density at radius 1 is 0.240 bits per heavy atom. The third-order valence-corrected chi connectivity index (χ3v) is 22.6. The normalized spacial score (nSPS) is 14.4. The van der Waals surface area contributed by atoms with Gasteiger partial charge in [0.05, 0.1) is 26.4 Å². The average molecular weight is 1730 g/mol. The van der Waals surface area contributed by atoms with Crippen LogP contribution in [0.4, 0.5) is 0 Å². The molecule has 0 aromatic rings. The molecule has 16 nitrogen and oxygen atoms in total. The summed E-state index contributed by atoms with van der Waals surface area (Å²) in [5.41, 5.74) is 0. The zero-order valence-corrected chi connectivity index (χ0v) is 78.7. The van der Waals surface area contributed by atoms with Crippen molar-refractivity contribution in [2.45, 2.75) is 437 Å². The van der Waals surface area contributed by atoms with Gasteiger partial charge in [0.1, 0.15) is 25.4 Å². The van der Waals surface area contributed by atoms with E-state index in [1.165, 1.54) is 218 Å². The molecule has 0 aliphatic heterocycles. The Labute approximate surface area is 740 Å². The molecule has 0 saturated carbocycles. The van der Waals surface area contributed by atoms with E-state index in [4.69, 9.17) is 32.3 Å². The molecular formula is C103H178O16P2. The second-order valence-corrected chi connectivity index (χ2v) is 35.4. The van der Waals surface area contributed by atoms with E-state index in [0.717, 1.165) is 141 Å². The van der Waals surface area contributed by atoms with Crippen LogP contribution in [0, 0.1) is 0 Å². The molecule has 5 atom stereocenters. The van der Waals surface area contributed by atoms with E-state index >= 15 is 0 Å². The minimum absolute atomic E-state index is 0.0796. The van der Waals surface area contributed by atoms with Crippen LogP contribution in [-0.2, 0) is 55.8 Å². The van der Waals surface area contributed by atoms with Gasteiger partial charge in [-0.05, 0) is 154 Å². The molecule has 696 valence electrons. The van der Waals surface area contributed by atoms with Gasteiger partial charge < -0.3 is 34.2 Å². The van der Waals surface area contributed by atoms with Crippen LogP contribution in [0.1, 0.15) is 419 Å². The molecule has 0 fully saturated rings. The summed E-state index contributed by atoms with van der Waals surface area (Å²) < 4.78 is 61.6. The summed E-state index contributed by atoms with van der Waals surface area (Å²) in [6, 6.07) is 0. The average Bonchev–Trinajstić information content (AvgIpc) is 0.890. The number of carbonyl (C=O) groups excluding carboxylic acids is 3. The smallest absolute Gasteiger partial charge is 0.463 e. The molecule has 0 spiro atoms. The maximum atomic E-state index is 13.1. The molecule has 0 radical (unpaired) electrons. The predicted octanol–water partition coefficient (Wildman–Crippen LogP) is 30.5. The molecule has 18 heteroatoms. The Hall–Kier alpha value is -4.83. The second kappa shape index (κ2) is 94.3. The van der Waals surface area contributed by atoms with Crippen molar-refractivity contribution in [1.29, 1.82) is 0 Å². The number of ether oxygens (including phenoxy) is 3. The maximum absolute atomic E-state index is 13.1. The number of unbranched alkanes of at least 4 members (excludes halogenated alkanes) is 43. The molecule has 0 saturated heterocycles. The molecule has 0 heterocycles. The van der Waals surface area contributed by atoms with Gasteiger partial charge in [-0.1, -0.05) is 403 Å². The zero-order chi connectivity index (χ0) is 87.9. The first kappa shape index (κ1) is 116. The van der Waals surface area contributed by atoms with Crippen molar-refractivity contribution in [3.8, 4) is 0 Å². The molecule has 0 aliphatic carbocycles. The fourth-order valence-corrected chi connectivity index (χ4v) is 14.9. The van der Waals surface area contributed by atoms with Crippen molar-refractivity contribution >= 4 is 33.6 Å². The SMILES string of the molecule is CC/C=C\C/C=C\C/C=C\C/C=C\C/C=C\CCCCCCCC(=O)OC(COC(=O)CCCCCCCCCCCCCCCCC/C=C\C/C=C\C/C=C\C/C=C\CCCCC)COP(=O)(O)OCC(O)COP(=O)(O)OCC(O)COC(=O)CCCCCCCCCCCCCCCCCCC/C=C\C/C=C\C/C=C\C/C=C\CCCCC. The van der Waals surface area contributed by atoms with Crippen molar-refractivity contribution < 1.29 is 75.8 Å². The Kier molecular flexibility index (Phi) is 90.5. The van der Waals surface area contributed by atoms with E-state index < -0.39 is 91.5 Å². The molecule has 0 aliphatic rings. The van der Waals surface area contributed by atoms with Gasteiger partial charge in [0.25, 0.3) is 0 Å². The van der Waals surface area contributed by atoms with Gasteiger partial charge in [-0.3, -0.25) is 32.5 Å². The van der Waals surface area contributed by atoms with Crippen molar-refractivity contribution in [1.82, 2.24) is 0 Å². The highest BCUT2D eigenvalue weighted by molar-refractivity contribution is 7.47. The van der Waals surface area contributed by atoms with Crippen LogP contribution in [-0.4, -0.2) is 95.9 Å². The number of rotatable bonds is 92. The Balaban J connectivity index is 4.56. The lowest BCUT2D eigenvalue weighted by molar-refractivity contribution is -0.161. The first-order valence-electron chi connectivity index (χ1n) is 48.8. The van der Waals surface area contributed by atoms with Crippen LogP contribution in [0.2, 0.25) is 0 Å². The summed E-state index contributed by atoms with van der Waals surface area (Å²) in [4.78, 5) is 59.1. The van der Waals surface area contributed by atoms with Gasteiger partial charge in [-0.15, -0.1) is 0 Å². The molecule has 121 heavy (non-hydrogen) atoms. The number of carbonyl (C=O) groups is 3. The van der Waals surface area contributed by atoms with E-state index in [-0.39, 0.29) is 19.3 Å².